The van der Waals surface area contributed by atoms with Gasteiger partial charge in [-0.1, -0.05) is 22.0 Å². The van der Waals surface area contributed by atoms with Crippen molar-refractivity contribution in [2.45, 2.75) is 20.3 Å². The van der Waals surface area contributed by atoms with E-state index >= 15 is 0 Å². The Kier molecular flexibility index (Phi) is 7.32. The van der Waals surface area contributed by atoms with Crippen molar-refractivity contribution in [1.82, 2.24) is 5.16 Å². The predicted octanol–water partition coefficient (Wildman–Crippen LogP) is 4.05. The third-order valence-corrected chi connectivity index (χ3v) is 3.45. The van der Waals surface area contributed by atoms with Crippen LogP contribution in [0.5, 0.6) is 5.88 Å². The lowest BCUT2D eigenvalue weighted by molar-refractivity contribution is -0.140. The predicted molar refractivity (Wildman–Crippen MR) is 79.8 cm³/mol. The van der Waals surface area contributed by atoms with Gasteiger partial charge in [0.2, 0.25) is 0 Å². The molecule has 0 bridgehead atoms. The summed E-state index contributed by atoms with van der Waals surface area (Å²) >= 11 is 4.84. The molecule has 2 aromatic rings. The van der Waals surface area contributed by atoms with Crippen molar-refractivity contribution in [3.8, 4) is 16.5 Å². The number of halogens is 1. The van der Waals surface area contributed by atoms with Crippen LogP contribution in [0.25, 0.3) is 10.6 Å². The minimum Gasteiger partial charge on any atom is -0.466 e. The molecule has 0 atom stereocenters. The number of rotatable bonds is 4. The highest BCUT2D eigenvalue weighted by atomic mass is 79.9. The summed E-state index contributed by atoms with van der Waals surface area (Å²) in [6.45, 7) is 3.65. The minimum absolute atomic E-state index is 0.211. The van der Waals surface area contributed by atoms with Crippen molar-refractivity contribution in [3.63, 3.8) is 0 Å². The summed E-state index contributed by atoms with van der Waals surface area (Å²) in [5.74, 6) is 0.148. The number of esters is 1. The molecule has 0 aromatic carbocycles. The second kappa shape index (κ2) is 8.76. The Labute approximate surface area is 129 Å². The van der Waals surface area contributed by atoms with Gasteiger partial charge in [-0.2, -0.15) is 0 Å². The molecular formula is C13H15BrNO4S. The molecule has 20 heavy (non-hydrogen) atoms. The van der Waals surface area contributed by atoms with E-state index in [0.29, 0.717) is 24.4 Å². The van der Waals surface area contributed by atoms with Crippen LogP contribution in [-0.4, -0.2) is 23.1 Å². The molecule has 1 radical (unpaired) electrons. The molecule has 2 aromatic heterocycles. The largest absolute Gasteiger partial charge is 0.466 e. The number of hydrogen-bond acceptors (Lipinski definition) is 5. The summed E-state index contributed by atoms with van der Waals surface area (Å²) in [5, 5.41) is 17.4. The molecule has 5 nitrogen and oxygen atoms in total. The van der Waals surface area contributed by atoms with E-state index in [1.165, 1.54) is 6.92 Å². The van der Waals surface area contributed by atoms with Gasteiger partial charge in [0, 0.05) is 12.3 Å². The van der Waals surface area contributed by atoms with Crippen LogP contribution >= 0.6 is 27.3 Å². The Balaban J connectivity index is 0.000000286. The normalized spacial score (nSPS) is 9.75. The second-order valence-electron chi connectivity index (χ2n) is 3.64. The Morgan fingerprint density at radius 3 is 2.75 bits per heavy atom. The van der Waals surface area contributed by atoms with E-state index in [1.807, 2.05) is 17.5 Å². The summed E-state index contributed by atoms with van der Waals surface area (Å²) in [7, 11) is 0. The second-order valence-corrected chi connectivity index (χ2v) is 5.38. The molecule has 0 unspecified atom stereocenters. The lowest BCUT2D eigenvalue weighted by Gasteiger charge is -1.94. The maximum Gasteiger partial charge on any atom is 0.312 e. The summed E-state index contributed by atoms with van der Waals surface area (Å²) < 4.78 is 9.42. The van der Waals surface area contributed by atoms with Crippen LogP contribution in [0.3, 0.4) is 0 Å². The molecule has 2 heterocycles. The Morgan fingerprint density at radius 1 is 1.55 bits per heavy atom. The van der Waals surface area contributed by atoms with Crippen molar-refractivity contribution < 1.29 is 19.2 Å². The van der Waals surface area contributed by atoms with E-state index in [2.05, 4.69) is 25.8 Å². The van der Waals surface area contributed by atoms with Gasteiger partial charge in [0.1, 0.15) is 0 Å². The van der Waals surface area contributed by atoms with E-state index < -0.39 is 0 Å². The first-order valence-electron chi connectivity index (χ1n) is 5.98. The lowest BCUT2D eigenvalue weighted by atomic mass is 10.2. The maximum atomic E-state index is 11.3. The van der Waals surface area contributed by atoms with E-state index in [1.54, 1.807) is 18.3 Å². The van der Waals surface area contributed by atoms with Gasteiger partial charge in [-0.15, -0.1) is 11.3 Å². The molecule has 0 fully saturated rings. The minimum atomic E-state index is -0.257. The van der Waals surface area contributed by atoms with Crippen LogP contribution in [-0.2, 0) is 21.1 Å². The Bertz CT molecular complexity index is 524. The molecular weight excluding hydrogens is 346 g/mol. The smallest absolute Gasteiger partial charge is 0.312 e. The molecule has 0 amide bonds. The first-order valence-corrected chi connectivity index (χ1v) is 7.99. The molecule has 0 saturated heterocycles. The van der Waals surface area contributed by atoms with Crippen molar-refractivity contribution in [2.75, 3.05) is 11.9 Å². The third-order valence-electron chi connectivity index (χ3n) is 2.19. The van der Waals surface area contributed by atoms with Gasteiger partial charge in [-0.3, -0.25) is 9.90 Å². The van der Waals surface area contributed by atoms with Gasteiger partial charge >= 0.3 is 11.8 Å². The zero-order valence-electron chi connectivity index (χ0n) is 11.2. The average Bonchev–Trinajstić information content (AvgIpc) is 3.01. The van der Waals surface area contributed by atoms with E-state index in [9.17, 15) is 9.90 Å². The number of carbonyl (C=O) groups is 1. The monoisotopic (exact) mass is 360 g/mol. The first-order chi connectivity index (χ1) is 9.60. The summed E-state index contributed by atoms with van der Waals surface area (Å²) in [6, 6.07) is 3.84. The molecule has 0 saturated carbocycles. The third kappa shape index (κ3) is 4.97. The Hall–Kier alpha value is -1.34. The molecule has 0 N–H and O–H groups in total. The standard InChI is InChI=1S/C9H7BrNO2S.C4H8O2/c10-4-3-6-8(13-11-9(6)12)7-2-1-5-14-7;1-3-6-4(2)5/h1-2,5H,3-4H2;3H2,1-2H3. The SMILES string of the molecule is CCOC(C)=O.[O]c1noc(-c2cccs2)c1CCBr. The van der Waals surface area contributed by atoms with Crippen molar-refractivity contribution >= 4 is 33.2 Å². The number of hydrogen-bond donors (Lipinski definition) is 0. The van der Waals surface area contributed by atoms with Gasteiger partial charge in [-0.25, -0.2) is 0 Å². The van der Waals surface area contributed by atoms with E-state index in [-0.39, 0.29) is 11.8 Å². The topological polar surface area (TPSA) is 72.2 Å². The number of carbonyl (C=O) groups excluding carboxylic acids is 1. The highest BCUT2D eigenvalue weighted by Crippen LogP contribution is 2.33. The fraction of sp³-hybridized carbons (Fsp3) is 0.385. The average molecular weight is 361 g/mol. The number of ether oxygens (including phenoxy) is 1. The van der Waals surface area contributed by atoms with Gasteiger partial charge in [0.25, 0.3) is 0 Å². The quantitative estimate of drug-likeness (QED) is 0.608. The zero-order chi connectivity index (χ0) is 15.0. The zero-order valence-corrected chi connectivity index (χ0v) is 13.6. The van der Waals surface area contributed by atoms with Crippen molar-refractivity contribution in [3.05, 3.63) is 23.1 Å². The lowest BCUT2D eigenvalue weighted by Crippen LogP contribution is -1.95. The maximum absolute atomic E-state index is 11.3. The summed E-state index contributed by atoms with van der Waals surface area (Å²) in [5.41, 5.74) is 0.657. The van der Waals surface area contributed by atoms with Crippen LogP contribution in [0.4, 0.5) is 0 Å². The Morgan fingerprint density at radius 2 is 2.30 bits per heavy atom. The number of thiophene rings is 1. The van der Waals surface area contributed by atoms with Crippen LogP contribution in [0.15, 0.2) is 22.0 Å². The molecule has 7 heteroatoms. The fourth-order valence-electron chi connectivity index (χ4n) is 1.41. The number of nitrogens with zero attached hydrogens (tertiary/aromatic N) is 1. The van der Waals surface area contributed by atoms with Crippen molar-refractivity contribution in [1.29, 1.82) is 0 Å². The summed E-state index contributed by atoms with van der Waals surface area (Å²) in [4.78, 5) is 10.8. The summed E-state index contributed by atoms with van der Waals surface area (Å²) in [6.07, 6.45) is 0.648. The van der Waals surface area contributed by atoms with Gasteiger partial charge in [0.05, 0.1) is 17.0 Å². The number of alkyl halides is 1. The molecule has 0 aliphatic carbocycles. The molecule has 2 rings (SSSR count). The molecule has 0 spiro atoms. The van der Waals surface area contributed by atoms with E-state index in [0.717, 1.165) is 10.2 Å². The highest BCUT2D eigenvalue weighted by Gasteiger charge is 2.18. The molecule has 0 aliphatic heterocycles. The van der Waals surface area contributed by atoms with Crippen LogP contribution in [0.1, 0.15) is 19.4 Å². The van der Waals surface area contributed by atoms with E-state index in [4.69, 9.17) is 4.52 Å². The molecule has 109 valence electrons. The van der Waals surface area contributed by atoms with Gasteiger partial charge in [0.15, 0.2) is 5.76 Å². The van der Waals surface area contributed by atoms with Crippen LogP contribution in [0.2, 0.25) is 0 Å². The van der Waals surface area contributed by atoms with Gasteiger partial charge < -0.3 is 9.26 Å². The number of aromatic nitrogens is 1. The van der Waals surface area contributed by atoms with Crippen LogP contribution in [0, 0.1) is 0 Å². The highest BCUT2D eigenvalue weighted by molar-refractivity contribution is 9.09. The first kappa shape index (κ1) is 16.7. The van der Waals surface area contributed by atoms with Gasteiger partial charge in [-0.05, 0) is 29.9 Å². The molecule has 0 aliphatic rings. The van der Waals surface area contributed by atoms with Crippen molar-refractivity contribution in [2.24, 2.45) is 0 Å². The fourth-order valence-corrected chi connectivity index (χ4v) is 2.54. The van der Waals surface area contributed by atoms with Crippen LogP contribution < -0.4 is 0 Å².